The molecule has 0 saturated heterocycles. The Morgan fingerprint density at radius 1 is 1.15 bits per heavy atom. The van der Waals surface area contributed by atoms with Gasteiger partial charge in [-0.3, -0.25) is 0 Å². The molecule has 0 bridgehead atoms. The maximum atomic E-state index is 6.27. The Hall–Kier alpha value is -0.730. The second kappa shape index (κ2) is 8.53. The normalized spacial score (nSPS) is 11.7. The first kappa shape index (κ1) is 17.3. The summed E-state index contributed by atoms with van der Waals surface area (Å²) in [6.45, 7) is 10.2. The van der Waals surface area contributed by atoms with Gasteiger partial charge in [0.15, 0.2) is 0 Å². The van der Waals surface area contributed by atoms with Gasteiger partial charge < -0.3 is 10.1 Å². The average Bonchev–Trinajstić information content (AvgIpc) is 2.37. The van der Waals surface area contributed by atoms with Crippen LogP contribution >= 0.6 is 11.6 Å². The van der Waals surface area contributed by atoms with E-state index in [1.165, 1.54) is 24.8 Å². The number of hydrogen-bond donors (Lipinski definition) is 1. The van der Waals surface area contributed by atoms with Gasteiger partial charge in [-0.15, -0.1) is 0 Å². The monoisotopic (exact) mass is 297 g/mol. The predicted molar refractivity (Wildman–Crippen MR) is 87.7 cm³/mol. The van der Waals surface area contributed by atoms with Gasteiger partial charge in [0.05, 0.1) is 11.6 Å². The number of ether oxygens (including phenoxy) is 1. The van der Waals surface area contributed by atoms with Crippen LogP contribution in [0.15, 0.2) is 18.2 Å². The van der Waals surface area contributed by atoms with Crippen LogP contribution < -0.4 is 10.1 Å². The van der Waals surface area contributed by atoms with Crippen molar-refractivity contribution >= 4 is 11.6 Å². The molecule has 0 spiro atoms. The number of hydrogen-bond acceptors (Lipinski definition) is 2. The summed E-state index contributed by atoms with van der Waals surface area (Å²) in [5, 5.41) is 4.15. The molecule has 1 rings (SSSR count). The number of rotatable bonds is 8. The van der Waals surface area contributed by atoms with Crippen molar-refractivity contribution in [3.05, 3.63) is 28.8 Å². The molecule has 0 amide bonds. The Kier molecular flexibility index (Phi) is 7.39. The third kappa shape index (κ3) is 7.16. The molecule has 0 aliphatic heterocycles. The Morgan fingerprint density at radius 2 is 1.90 bits per heavy atom. The van der Waals surface area contributed by atoms with Gasteiger partial charge in [0.1, 0.15) is 5.75 Å². The lowest BCUT2D eigenvalue weighted by Crippen LogP contribution is -2.35. The highest BCUT2D eigenvalue weighted by Gasteiger charge is 2.09. The smallest absolute Gasteiger partial charge is 0.137 e. The molecule has 0 radical (unpaired) electrons. The van der Waals surface area contributed by atoms with Crippen molar-refractivity contribution < 1.29 is 4.74 Å². The van der Waals surface area contributed by atoms with Crippen molar-refractivity contribution in [1.29, 1.82) is 0 Å². The van der Waals surface area contributed by atoms with Gasteiger partial charge in [0, 0.05) is 12.1 Å². The van der Waals surface area contributed by atoms with Crippen molar-refractivity contribution in [2.75, 3.05) is 6.61 Å². The van der Waals surface area contributed by atoms with E-state index in [4.69, 9.17) is 16.3 Å². The van der Waals surface area contributed by atoms with Crippen molar-refractivity contribution in [2.24, 2.45) is 0 Å². The van der Waals surface area contributed by atoms with Crippen molar-refractivity contribution in [3.8, 4) is 5.75 Å². The zero-order chi connectivity index (χ0) is 15.0. The summed E-state index contributed by atoms with van der Waals surface area (Å²) in [6, 6.07) is 6.04. The zero-order valence-corrected chi connectivity index (χ0v) is 14.0. The minimum absolute atomic E-state index is 0.112. The fourth-order valence-corrected chi connectivity index (χ4v) is 2.11. The van der Waals surface area contributed by atoms with E-state index >= 15 is 0 Å². The lowest BCUT2D eigenvalue weighted by Gasteiger charge is -2.20. The molecule has 0 unspecified atom stereocenters. The van der Waals surface area contributed by atoms with Gasteiger partial charge in [-0.25, -0.2) is 0 Å². The summed E-state index contributed by atoms with van der Waals surface area (Å²) in [5.41, 5.74) is 1.30. The lowest BCUT2D eigenvalue weighted by atomic mass is 10.1. The summed E-state index contributed by atoms with van der Waals surface area (Å²) < 4.78 is 5.73. The second-order valence-electron chi connectivity index (χ2n) is 6.28. The second-order valence-corrected chi connectivity index (χ2v) is 6.68. The molecule has 0 heterocycles. The molecule has 1 aromatic carbocycles. The lowest BCUT2D eigenvalue weighted by molar-refractivity contribution is 0.305. The third-order valence-corrected chi connectivity index (χ3v) is 3.37. The van der Waals surface area contributed by atoms with Crippen molar-refractivity contribution in [3.63, 3.8) is 0 Å². The van der Waals surface area contributed by atoms with Crippen LogP contribution in [0.5, 0.6) is 5.75 Å². The van der Waals surface area contributed by atoms with Crippen LogP contribution in [0.1, 0.15) is 58.9 Å². The van der Waals surface area contributed by atoms with E-state index in [0.29, 0.717) is 5.02 Å². The van der Waals surface area contributed by atoms with E-state index in [1.807, 2.05) is 12.1 Å². The molecule has 1 N–H and O–H groups in total. The molecule has 0 fully saturated rings. The summed E-state index contributed by atoms with van der Waals surface area (Å²) in [4.78, 5) is 0. The number of benzene rings is 1. The SMILES string of the molecule is CCCCCCOc1ccc(CNC(C)(C)C)cc1Cl. The third-order valence-electron chi connectivity index (χ3n) is 3.07. The number of unbranched alkanes of at least 4 members (excludes halogenated alkanes) is 3. The van der Waals surface area contributed by atoms with Crippen molar-refractivity contribution in [1.82, 2.24) is 5.32 Å². The van der Waals surface area contributed by atoms with E-state index in [1.54, 1.807) is 0 Å². The molecule has 1 aromatic rings. The van der Waals surface area contributed by atoms with E-state index in [-0.39, 0.29) is 5.54 Å². The summed E-state index contributed by atoms with van der Waals surface area (Å²) in [7, 11) is 0. The highest BCUT2D eigenvalue weighted by atomic mass is 35.5. The van der Waals surface area contributed by atoms with Crippen LogP contribution in [-0.4, -0.2) is 12.1 Å². The van der Waals surface area contributed by atoms with E-state index in [0.717, 1.165) is 25.3 Å². The summed E-state index contributed by atoms with van der Waals surface area (Å²) in [6.07, 6.45) is 4.84. The molecule has 0 aliphatic rings. The fourth-order valence-electron chi connectivity index (χ4n) is 1.85. The molecule has 0 aliphatic carbocycles. The van der Waals surface area contributed by atoms with Gasteiger partial charge >= 0.3 is 0 Å². The maximum Gasteiger partial charge on any atom is 0.137 e. The summed E-state index contributed by atoms with van der Waals surface area (Å²) >= 11 is 6.27. The topological polar surface area (TPSA) is 21.3 Å². The van der Waals surface area contributed by atoms with Crippen molar-refractivity contribution in [2.45, 2.75) is 65.5 Å². The van der Waals surface area contributed by atoms with Gasteiger partial charge in [-0.05, 0) is 44.9 Å². The molecule has 114 valence electrons. The Labute approximate surface area is 128 Å². The minimum Gasteiger partial charge on any atom is -0.492 e. The minimum atomic E-state index is 0.112. The molecule has 0 saturated carbocycles. The molecular weight excluding hydrogens is 270 g/mol. The standard InChI is InChI=1S/C17H28ClNO/c1-5-6-7-8-11-20-16-10-9-14(12-15(16)18)13-19-17(2,3)4/h9-10,12,19H,5-8,11,13H2,1-4H3. The Balaban J connectivity index is 2.43. The molecule has 0 atom stereocenters. The van der Waals surface area contributed by atoms with E-state index < -0.39 is 0 Å². The summed E-state index contributed by atoms with van der Waals surface area (Å²) in [5.74, 6) is 0.794. The van der Waals surface area contributed by atoms with Crippen LogP contribution in [0, 0.1) is 0 Å². The van der Waals surface area contributed by atoms with Gasteiger partial charge in [0.25, 0.3) is 0 Å². The number of halogens is 1. The number of nitrogens with one attached hydrogen (secondary N) is 1. The maximum absolute atomic E-state index is 6.27. The highest BCUT2D eigenvalue weighted by molar-refractivity contribution is 6.32. The van der Waals surface area contributed by atoms with Crippen LogP contribution in [0.3, 0.4) is 0 Å². The first-order valence-electron chi connectivity index (χ1n) is 7.58. The predicted octanol–water partition coefficient (Wildman–Crippen LogP) is 5.19. The largest absolute Gasteiger partial charge is 0.492 e. The molecule has 2 nitrogen and oxygen atoms in total. The highest BCUT2D eigenvalue weighted by Crippen LogP contribution is 2.26. The van der Waals surface area contributed by atoms with Gasteiger partial charge in [0.2, 0.25) is 0 Å². The molecule has 3 heteroatoms. The Bertz CT molecular complexity index is 398. The van der Waals surface area contributed by atoms with Crippen LogP contribution in [0.2, 0.25) is 5.02 Å². The van der Waals surface area contributed by atoms with E-state index in [2.05, 4.69) is 39.1 Å². The van der Waals surface area contributed by atoms with Gasteiger partial charge in [-0.1, -0.05) is 43.9 Å². The average molecular weight is 298 g/mol. The first-order valence-corrected chi connectivity index (χ1v) is 7.96. The first-order chi connectivity index (χ1) is 9.42. The quantitative estimate of drug-likeness (QED) is 0.667. The van der Waals surface area contributed by atoms with E-state index in [9.17, 15) is 0 Å². The van der Waals surface area contributed by atoms with Crippen LogP contribution in [0.25, 0.3) is 0 Å². The van der Waals surface area contributed by atoms with Crippen LogP contribution in [0.4, 0.5) is 0 Å². The van der Waals surface area contributed by atoms with Gasteiger partial charge in [-0.2, -0.15) is 0 Å². The molecular formula is C17H28ClNO. The zero-order valence-electron chi connectivity index (χ0n) is 13.3. The van der Waals surface area contributed by atoms with Crippen LogP contribution in [-0.2, 0) is 6.54 Å². The Morgan fingerprint density at radius 3 is 2.50 bits per heavy atom. The molecule has 20 heavy (non-hydrogen) atoms. The fraction of sp³-hybridized carbons (Fsp3) is 0.647. The molecule has 0 aromatic heterocycles.